The fourth-order valence-electron chi connectivity index (χ4n) is 3.57. The number of fused-ring (bicyclic) bond motifs is 1. The standard InChI is InChI=1S/C20H24N2/c1-15(2)22-16(3)14-20(18-12-8-9-13-19(18)22)21(4)17-10-6-5-7-11-17/h5-13,16,20H,1,14H2,2-4H3. The summed E-state index contributed by atoms with van der Waals surface area (Å²) in [6, 6.07) is 20.2. The van der Waals surface area contributed by atoms with E-state index in [2.05, 4.69) is 91.9 Å². The van der Waals surface area contributed by atoms with E-state index in [0.29, 0.717) is 12.1 Å². The van der Waals surface area contributed by atoms with Crippen molar-refractivity contribution in [3.63, 3.8) is 0 Å². The molecular formula is C20H24N2. The highest BCUT2D eigenvalue weighted by Crippen LogP contribution is 2.42. The molecule has 0 N–H and O–H groups in total. The van der Waals surface area contributed by atoms with Crippen LogP contribution in [0.4, 0.5) is 11.4 Å². The average molecular weight is 292 g/mol. The Morgan fingerprint density at radius 1 is 1.09 bits per heavy atom. The summed E-state index contributed by atoms with van der Waals surface area (Å²) in [5.74, 6) is 0. The van der Waals surface area contributed by atoms with E-state index < -0.39 is 0 Å². The molecule has 2 heteroatoms. The summed E-state index contributed by atoms with van der Waals surface area (Å²) in [7, 11) is 2.19. The zero-order valence-corrected chi connectivity index (χ0v) is 13.7. The Hall–Kier alpha value is -2.22. The van der Waals surface area contributed by atoms with Crippen molar-refractivity contribution in [1.82, 2.24) is 0 Å². The predicted octanol–water partition coefficient (Wildman–Crippen LogP) is 5.00. The maximum atomic E-state index is 4.17. The van der Waals surface area contributed by atoms with Crippen LogP contribution in [0.15, 0.2) is 66.9 Å². The molecule has 0 saturated heterocycles. The number of para-hydroxylation sites is 2. The topological polar surface area (TPSA) is 6.48 Å². The van der Waals surface area contributed by atoms with Crippen LogP contribution in [0.25, 0.3) is 0 Å². The first-order chi connectivity index (χ1) is 10.6. The van der Waals surface area contributed by atoms with E-state index >= 15 is 0 Å². The third kappa shape index (κ3) is 2.50. The van der Waals surface area contributed by atoms with Gasteiger partial charge in [0.15, 0.2) is 0 Å². The molecule has 0 aliphatic carbocycles. The molecule has 1 heterocycles. The zero-order chi connectivity index (χ0) is 15.7. The summed E-state index contributed by atoms with van der Waals surface area (Å²) < 4.78 is 0. The molecule has 0 fully saturated rings. The van der Waals surface area contributed by atoms with E-state index in [1.807, 2.05) is 0 Å². The molecule has 0 saturated carbocycles. The second-order valence-electron chi connectivity index (χ2n) is 6.21. The number of nitrogens with zero attached hydrogens (tertiary/aromatic N) is 2. The Bertz CT molecular complexity index is 662. The lowest BCUT2D eigenvalue weighted by Gasteiger charge is -2.44. The van der Waals surface area contributed by atoms with Gasteiger partial charge in [-0.2, -0.15) is 0 Å². The molecule has 1 aliphatic heterocycles. The summed E-state index contributed by atoms with van der Waals surface area (Å²) in [4.78, 5) is 4.76. The molecular weight excluding hydrogens is 268 g/mol. The molecule has 2 aromatic rings. The lowest BCUT2D eigenvalue weighted by molar-refractivity contribution is 0.503. The summed E-state index contributed by atoms with van der Waals surface area (Å²) in [5.41, 5.74) is 5.05. The van der Waals surface area contributed by atoms with E-state index in [0.717, 1.165) is 12.1 Å². The third-order valence-electron chi connectivity index (χ3n) is 4.60. The Morgan fingerprint density at radius 2 is 1.73 bits per heavy atom. The first kappa shape index (κ1) is 14.7. The van der Waals surface area contributed by atoms with Crippen molar-refractivity contribution in [3.8, 4) is 0 Å². The minimum absolute atomic E-state index is 0.393. The molecule has 0 spiro atoms. The summed E-state index contributed by atoms with van der Waals surface area (Å²) in [6.45, 7) is 8.55. The number of hydrogen-bond acceptors (Lipinski definition) is 2. The normalized spacial score (nSPS) is 20.4. The highest BCUT2D eigenvalue weighted by atomic mass is 15.2. The van der Waals surface area contributed by atoms with Crippen LogP contribution >= 0.6 is 0 Å². The van der Waals surface area contributed by atoms with Crippen molar-refractivity contribution in [1.29, 1.82) is 0 Å². The van der Waals surface area contributed by atoms with E-state index in [-0.39, 0.29) is 0 Å². The number of hydrogen-bond donors (Lipinski definition) is 0. The minimum Gasteiger partial charge on any atom is -0.367 e. The van der Waals surface area contributed by atoms with E-state index in [1.54, 1.807) is 0 Å². The first-order valence-corrected chi connectivity index (χ1v) is 7.91. The van der Waals surface area contributed by atoms with Gasteiger partial charge in [-0.05, 0) is 44.0 Å². The molecule has 114 valence electrons. The van der Waals surface area contributed by atoms with Gasteiger partial charge in [-0.1, -0.05) is 43.0 Å². The fourth-order valence-corrected chi connectivity index (χ4v) is 3.57. The number of benzene rings is 2. The average Bonchev–Trinajstić information content (AvgIpc) is 2.53. The first-order valence-electron chi connectivity index (χ1n) is 7.91. The van der Waals surface area contributed by atoms with Gasteiger partial charge in [0.25, 0.3) is 0 Å². The predicted molar refractivity (Wildman–Crippen MR) is 95.4 cm³/mol. The van der Waals surface area contributed by atoms with Crippen molar-refractivity contribution in [2.24, 2.45) is 0 Å². The second kappa shape index (κ2) is 5.88. The minimum atomic E-state index is 0.393. The molecule has 2 atom stereocenters. The summed E-state index contributed by atoms with van der Waals surface area (Å²) in [5, 5.41) is 0. The van der Waals surface area contributed by atoms with Crippen molar-refractivity contribution in [2.75, 3.05) is 16.8 Å². The van der Waals surface area contributed by atoms with Crippen LogP contribution in [0.1, 0.15) is 31.9 Å². The van der Waals surface area contributed by atoms with Crippen LogP contribution in [-0.4, -0.2) is 13.1 Å². The van der Waals surface area contributed by atoms with Gasteiger partial charge in [-0.3, -0.25) is 0 Å². The van der Waals surface area contributed by atoms with Gasteiger partial charge in [0.05, 0.1) is 6.04 Å². The van der Waals surface area contributed by atoms with Crippen LogP contribution in [0, 0.1) is 0 Å². The quantitative estimate of drug-likeness (QED) is 0.785. The fraction of sp³-hybridized carbons (Fsp3) is 0.300. The molecule has 2 unspecified atom stereocenters. The molecule has 0 amide bonds. The largest absolute Gasteiger partial charge is 0.367 e. The van der Waals surface area contributed by atoms with Gasteiger partial charge in [0.2, 0.25) is 0 Å². The second-order valence-corrected chi connectivity index (χ2v) is 6.21. The van der Waals surface area contributed by atoms with Crippen LogP contribution < -0.4 is 9.80 Å². The molecule has 1 aliphatic rings. The van der Waals surface area contributed by atoms with E-state index in [4.69, 9.17) is 0 Å². The van der Waals surface area contributed by atoms with Crippen molar-refractivity contribution in [2.45, 2.75) is 32.4 Å². The van der Waals surface area contributed by atoms with Crippen LogP contribution in [0.2, 0.25) is 0 Å². The molecule has 0 aromatic heterocycles. The highest BCUT2D eigenvalue weighted by molar-refractivity contribution is 5.64. The Morgan fingerprint density at radius 3 is 2.41 bits per heavy atom. The molecule has 22 heavy (non-hydrogen) atoms. The lowest BCUT2D eigenvalue weighted by Crippen LogP contribution is -2.41. The Kier molecular flexibility index (Phi) is 3.93. The van der Waals surface area contributed by atoms with Crippen LogP contribution in [-0.2, 0) is 0 Å². The van der Waals surface area contributed by atoms with Gasteiger partial charge >= 0.3 is 0 Å². The molecule has 2 nitrogen and oxygen atoms in total. The maximum Gasteiger partial charge on any atom is 0.0579 e. The van der Waals surface area contributed by atoms with Gasteiger partial charge < -0.3 is 9.80 Å². The van der Waals surface area contributed by atoms with Gasteiger partial charge in [-0.25, -0.2) is 0 Å². The third-order valence-corrected chi connectivity index (χ3v) is 4.60. The Labute approximate surface area is 133 Å². The van der Waals surface area contributed by atoms with Crippen molar-refractivity contribution in [3.05, 3.63) is 72.4 Å². The lowest BCUT2D eigenvalue weighted by atomic mass is 9.90. The molecule has 3 rings (SSSR count). The van der Waals surface area contributed by atoms with Crippen LogP contribution in [0.3, 0.4) is 0 Å². The SMILES string of the molecule is C=C(C)N1c2ccccc2C(N(C)c2ccccc2)CC1C. The number of anilines is 2. The van der Waals surface area contributed by atoms with Gasteiger partial charge in [0.1, 0.15) is 0 Å². The maximum absolute atomic E-state index is 4.17. The van der Waals surface area contributed by atoms with Crippen molar-refractivity contribution < 1.29 is 0 Å². The van der Waals surface area contributed by atoms with Crippen molar-refractivity contribution >= 4 is 11.4 Å². The molecule has 2 aromatic carbocycles. The smallest absolute Gasteiger partial charge is 0.0579 e. The van der Waals surface area contributed by atoms with E-state index in [1.165, 1.54) is 16.9 Å². The van der Waals surface area contributed by atoms with Crippen LogP contribution in [0.5, 0.6) is 0 Å². The molecule has 0 bridgehead atoms. The summed E-state index contributed by atoms with van der Waals surface area (Å²) >= 11 is 0. The zero-order valence-electron chi connectivity index (χ0n) is 13.7. The number of allylic oxidation sites excluding steroid dienone is 1. The number of rotatable bonds is 3. The Balaban J connectivity index is 2.03. The monoisotopic (exact) mass is 292 g/mol. The van der Waals surface area contributed by atoms with E-state index in [9.17, 15) is 0 Å². The highest BCUT2D eigenvalue weighted by Gasteiger charge is 2.32. The molecule has 0 radical (unpaired) electrons. The summed E-state index contributed by atoms with van der Waals surface area (Å²) in [6.07, 6.45) is 1.09. The van der Waals surface area contributed by atoms with Gasteiger partial charge in [0, 0.05) is 30.2 Å². The van der Waals surface area contributed by atoms with Gasteiger partial charge in [-0.15, -0.1) is 0 Å².